The van der Waals surface area contributed by atoms with Crippen LogP contribution in [0.2, 0.25) is 5.02 Å². The van der Waals surface area contributed by atoms with Crippen LogP contribution in [0.1, 0.15) is 51.1 Å². The molecule has 4 rings (SSSR count). The number of carbonyl (C=O) groups is 2. The zero-order valence-electron chi connectivity index (χ0n) is 21.3. The number of fused-ring (bicyclic) bond motifs is 1. The van der Waals surface area contributed by atoms with E-state index in [9.17, 15) is 27.2 Å². The zero-order valence-corrected chi connectivity index (χ0v) is 22.0. The second kappa shape index (κ2) is 10.9. The quantitative estimate of drug-likeness (QED) is 0.363. The van der Waals surface area contributed by atoms with E-state index in [1.54, 1.807) is 20.8 Å². The molecule has 2 heterocycles. The molecule has 1 aliphatic rings. The molecule has 2 amide bonds. The van der Waals surface area contributed by atoms with Crippen molar-refractivity contribution in [1.29, 1.82) is 0 Å². The number of hydrogen-bond donors (Lipinski definition) is 1. The molecule has 39 heavy (non-hydrogen) atoms. The topological polar surface area (TPSA) is 93.9 Å². The molecule has 1 aromatic heterocycles. The van der Waals surface area contributed by atoms with Gasteiger partial charge in [0.15, 0.2) is 12.2 Å². The molecule has 2 aromatic carbocycles. The number of benzene rings is 2. The van der Waals surface area contributed by atoms with Crippen molar-refractivity contribution in [1.82, 2.24) is 15.2 Å². The summed E-state index contributed by atoms with van der Waals surface area (Å²) in [5.41, 5.74) is -1.55. The highest BCUT2D eigenvalue weighted by atomic mass is 35.5. The third-order valence-electron chi connectivity index (χ3n) is 5.85. The van der Waals surface area contributed by atoms with Crippen molar-refractivity contribution in [3.63, 3.8) is 0 Å². The number of aromatic nitrogens is 1. The van der Waals surface area contributed by atoms with Crippen molar-refractivity contribution in [2.24, 2.45) is 0 Å². The van der Waals surface area contributed by atoms with E-state index in [-0.39, 0.29) is 40.7 Å². The molecule has 1 saturated heterocycles. The Morgan fingerprint density at radius 1 is 1.15 bits per heavy atom. The summed E-state index contributed by atoms with van der Waals surface area (Å²) >= 11 is 5.65. The van der Waals surface area contributed by atoms with Gasteiger partial charge >= 0.3 is 12.3 Å². The first-order chi connectivity index (χ1) is 18.2. The first-order valence-corrected chi connectivity index (χ1v) is 12.4. The Balaban J connectivity index is 1.49. The summed E-state index contributed by atoms with van der Waals surface area (Å²) in [6, 6.07) is 5.54. The van der Waals surface area contributed by atoms with E-state index in [4.69, 9.17) is 25.5 Å². The van der Waals surface area contributed by atoms with Crippen molar-refractivity contribution in [3.8, 4) is 5.75 Å². The minimum Gasteiger partial charge on any atom is -0.484 e. The number of nitrogens with one attached hydrogen (secondary N) is 1. The maximum absolute atomic E-state index is 13.6. The fourth-order valence-corrected chi connectivity index (χ4v) is 4.23. The second-order valence-corrected chi connectivity index (χ2v) is 10.5. The van der Waals surface area contributed by atoms with Gasteiger partial charge in [0.2, 0.25) is 5.89 Å². The standard InChI is InChI=1S/C26H26ClF4N3O5/c1-25(2,3)39-24(36)34-12-15(32-22(35)13-37-16-6-7-17(27)18(28)11-16)5-9-20(34)23-33-19-8-4-14(26(29,30)31)10-21(19)38-23/h4,6-8,10-11,15,20H,5,9,12-13H2,1-3H3,(H,32,35)/t15-,20+/m0/s1. The van der Waals surface area contributed by atoms with Crippen LogP contribution >= 0.6 is 11.6 Å². The highest BCUT2D eigenvalue weighted by Crippen LogP contribution is 2.36. The summed E-state index contributed by atoms with van der Waals surface area (Å²) in [6.45, 7) is 4.70. The molecule has 0 radical (unpaired) electrons. The molecular weight excluding hydrogens is 546 g/mol. The number of halogens is 5. The molecule has 3 aromatic rings. The molecule has 1 fully saturated rings. The van der Waals surface area contributed by atoms with E-state index in [0.29, 0.717) is 6.42 Å². The SMILES string of the molecule is CC(C)(C)OC(=O)N1C[C@@H](NC(=O)COc2ccc(Cl)c(F)c2)CC[C@@H]1c1nc2ccc(C(F)(F)F)cc2o1. The fourth-order valence-electron chi connectivity index (χ4n) is 4.11. The highest BCUT2D eigenvalue weighted by Gasteiger charge is 2.39. The molecule has 0 bridgehead atoms. The Hall–Kier alpha value is -3.54. The lowest BCUT2D eigenvalue weighted by molar-refractivity contribution is -0.137. The first kappa shape index (κ1) is 28.5. The number of hydrogen-bond acceptors (Lipinski definition) is 6. The summed E-state index contributed by atoms with van der Waals surface area (Å²) in [6.07, 6.45) is -4.56. The van der Waals surface area contributed by atoms with E-state index < -0.39 is 53.8 Å². The molecule has 8 nitrogen and oxygen atoms in total. The molecule has 1 N–H and O–H groups in total. The summed E-state index contributed by atoms with van der Waals surface area (Å²) in [5.74, 6) is -1.00. The maximum atomic E-state index is 13.6. The van der Waals surface area contributed by atoms with Crippen LogP contribution in [0.5, 0.6) is 5.75 Å². The smallest absolute Gasteiger partial charge is 0.416 e. The van der Waals surface area contributed by atoms with Gasteiger partial charge in [-0.2, -0.15) is 13.2 Å². The van der Waals surface area contributed by atoms with Gasteiger partial charge in [-0.05, 0) is 63.9 Å². The Morgan fingerprint density at radius 3 is 2.56 bits per heavy atom. The molecule has 2 atom stereocenters. The van der Waals surface area contributed by atoms with E-state index in [0.717, 1.165) is 18.2 Å². The van der Waals surface area contributed by atoms with Gasteiger partial charge in [-0.3, -0.25) is 9.69 Å². The minimum atomic E-state index is -4.55. The number of alkyl halides is 3. The number of likely N-dealkylation sites (tertiary alicyclic amines) is 1. The molecule has 1 aliphatic heterocycles. The van der Waals surface area contributed by atoms with Crippen LogP contribution in [0.4, 0.5) is 22.4 Å². The van der Waals surface area contributed by atoms with Gasteiger partial charge in [-0.15, -0.1) is 0 Å². The molecular formula is C26H26ClF4N3O5. The number of carbonyl (C=O) groups excluding carboxylic acids is 2. The lowest BCUT2D eigenvalue weighted by atomic mass is 9.98. The fraction of sp³-hybridized carbons (Fsp3) is 0.423. The second-order valence-electron chi connectivity index (χ2n) is 10.1. The minimum absolute atomic E-state index is 0.0212. The first-order valence-electron chi connectivity index (χ1n) is 12.0. The van der Waals surface area contributed by atoms with Gasteiger partial charge in [-0.25, -0.2) is 14.2 Å². The number of piperidine rings is 1. The van der Waals surface area contributed by atoms with Crippen molar-refractivity contribution in [2.45, 2.75) is 57.5 Å². The van der Waals surface area contributed by atoms with E-state index in [1.165, 1.54) is 23.1 Å². The molecule has 0 spiro atoms. The van der Waals surface area contributed by atoms with Gasteiger partial charge < -0.3 is 19.2 Å². The van der Waals surface area contributed by atoms with Crippen molar-refractivity contribution in [2.75, 3.05) is 13.2 Å². The van der Waals surface area contributed by atoms with Crippen molar-refractivity contribution < 1.29 is 41.0 Å². The molecule has 210 valence electrons. The lowest BCUT2D eigenvalue weighted by Gasteiger charge is -2.38. The third kappa shape index (κ3) is 7.11. The van der Waals surface area contributed by atoms with Gasteiger partial charge in [0.1, 0.15) is 28.7 Å². The molecule has 0 aliphatic carbocycles. The number of nitrogens with zero attached hydrogens (tertiary/aromatic N) is 2. The Kier molecular flexibility index (Phi) is 7.97. The molecule has 0 unspecified atom stereocenters. The Bertz CT molecular complexity index is 1370. The Labute approximate surface area is 226 Å². The number of oxazole rings is 1. The van der Waals surface area contributed by atoms with Gasteiger partial charge in [-0.1, -0.05) is 11.6 Å². The van der Waals surface area contributed by atoms with Crippen molar-refractivity contribution >= 4 is 34.7 Å². The van der Waals surface area contributed by atoms with Crippen LogP contribution < -0.4 is 10.1 Å². The summed E-state index contributed by atoms with van der Waals surface area (Å²) in [5, 5.41) is 2.70. The molecule has 0 saturated carbocycles. The number of ether oxygens (including phenoxy) is 2. The maximum Gasteiger partial charge on any atom is 0.416 e. The highest BCUT2D eigenvalue weighted by molar-refractivity contribution is 6.30. The van der Waals surface area contributed by atoms with Crippen LogP contribution in [0, 0.1) is 5.82 Å². The van der Waals surface area contributed by atoms with Crippen LogP contribution in [-0.2, 0) is 15.7 Å². The van der Waals surface area contributed by atoms with Crippen LogP contribution in [0.25, 0.3) is 11.1 Å². The van der Waals surface area contributed by atoms with E-state index >= 15 is 0 Å². The monoisotopic (exact) mass is 571 g/mol. The summed E-state index contributed by atoms with van der Waals surface area (Å²) in [7, 11) is 0. The third-order valence-corrected chi connectivity index (χ3v) is 6.16. The van der Waals surface area contributed by atoms with Crippen LogP contribution in [0.15, 0.2) is 40.8 Å². The lowest BCUT2D eigenvalue weighted by Crippen LogP contribution is -2.52. The van der Waals surface area contributed by atoms with Gasteiger partial charge in [0.05, 0.1) is 10.6 Å². The van der Waals surface area contributed by atoms with Crippen molar-refractivity contribution in [3.05, 3.63) is 58.7 Å². The predicted molar refractivity (Wildman–Crippen MR) is 133 cm³/mol. The van der Waals surface area contributed by atoms with Crippen LogP contribution in [-0.4, -0.2) is 46.7 Å². The summed E-state index contributed by atoms with van der Waals surface area (Å²) in [4.78, 5) is 31.3. The predicted octanol–water partition coefficient (Wildman–Crippen LogP) is 6.27. The van der Waals surface area contributed by atoms with Gasteiger partial charge in [0, 0.05) is 18.7 Å². The largest absolute Gasteiger partial charge is 0.484 e. The van der Waals surface area contributed by atoms with Crippen LogP contribution in [0.3, 0.4) is 0 Å². The molecule has 13 heteroatoms. The number of rotatable bonds is 5. The average Bonchev–Trinajstić information content (AvgIpc) is 3.26. The summed E-state index contributed by atoms with van der Waals surface area (Å²) < 4.78 is 69.5. The van der Waals surface area contributed by atoms with E-state index in [2.05, 4.69) is 10.3 Å². The Morgan fingerprint density at radius 2 is 1.90 bits per heavy atom. The normalized spacial score (nSPS) is 18.2. The van der Waals surface area contributed by atoms with E-state index in [1.807, 2.05) is 0 Å². The zero-order chi connectivity index (χ0) is 28.5. The number of amides is 2. The average molecular weight is 572 g/mol. The van der Waals surface area contributed by atoms with Gasteiger partial charge in [0.25, 0.3) is 5.91 Å².